The molecule has 0 radical (unpaired) electrons. The van der Waals surface area contributed by atoms with Crippen molar-refractivity contribution in [3.05, 3.63) is 11.9 Å². The summed E-state index contributed by atoms with van der Waals surface area (Å²) in [6.45, 7) is 13.7. The van der Waals surface area contributed by atoms with Gasteiger partial charge in [-0.2, -0.15) is 0 Å². The van der Waals surface area contributed by atoms with Gasteiger partial charge in [-0.05, 0) is 25.2 Å². The minimum atomic E-state index is 0.145. The molecule has 1 N–H and O–H groups in total. The van der Waals surface area contributed by atoms with E-state index in [2.05, 4.69) is 56.8 Å². The monoisotopic (exact) mass is 265 g/mol. The fourth-order valence-corrected chi connectivity index (χ4v) is 1.69. The number of aromatic nitrogens is 2. The van der Waals surface area contributed by atoms with Crippen LogP contribution in [0.3, 0.4) is 0 Å². The van der Waals surface area contributed by atoms with Crippen LogP contribution >= 0.6 is 0 Å². The standard InChI is InChI=1S/C15H27N3O/c1-7-8-16-14-13(11(4)5)15(18-9-17-14)19-12(6)10(2)3/h9-12H,7-8H2,1-6H3,(H,16,17,18). The molecule has 0 spiro atoms. The largest absolute Gasteiger partial charge is 0.474 e. The SMILES string of the molecule is CCCNc1ncnc(OC(C)C(C)C)c1C(C)C. The average molecular weight is 265 g/mol. The van der Waals surface area contributed by atoms with Gasteiger partial charge in [-0.1, -0.05) is 34.6 Å². The first kappa shape index (κ1) is 15.7. The van der Waals surface area contributed by atoms with Gasteiger partial charge in [0.1, 0.15) is 12.1 Å². The zero-order valence-corrected chi connectivity index (χ0v) is 13.0. The first-order valence-corrected chi connectivity index (χ1v) is 7.22. The van der Waals surface area contributed by atoms with Gasteiger partial charge in [-0.25, -0.2) is 9.97 Å². The molecule has 0 saturated carbocycles. The maximum absolute atomic E-state index is 6.00. The number of hydrogen-bond donors (Lipinski definition) is 1. The number of rotatable bonds is 7. The Bertz CT molecular complexity index is 391. The smallest absolute Gasteiger partial charge is 0.222 e. The van der Waals surface area contributed by atoms with E-state index < -0.39 is 0 Å². The number of hydrogen-bond acceptors (Lipinski definition) is 4. The predicted octanol–water partition coefficient (Wildman–Crippen LogP) is 3.85. The van der Waals surface area contributed by atoms with E-state index in [0.717, 1.165) is 24.3 Å². The molecular formula is C15H27N3O. The summed E-state index contributed by atoms with van der Waals surface area (Å²) in [7, 11) is 0. The molecule has 0 amide bonds. The van der Waals surface area contributed by atoms with Crippen LogP contribution < -0.4 is 10.1 Å². The van der Waals surface area contributed by atoms with E-state index in [9.17, 15) is 0 Å². The summed E-state index contributed by atoms with van der Waals surface area (Å²) in [5.74, 6) is 2.40. The summed E-state index contributed by atoms with van der Waals surface area (Å²) >= 11 is 0. The maximum Gasteiger partial charge on any atom is 0.222 e. The molecule has 1 unspecified atom stereocenters. The molecule has 108 valence electrons. The van der Waals surface area contributed by atoms with Crippen molar-refractivity contribution in [3.8, 4) is 5.88 Å². The van der Waals surface area contributed by atoms with Gasteiger partial charge in [0.2, 0.25) is 5.88 Å². The van der Waals surface area contributed by atoms with Gasteiger partial charge in [-0.3, -0.25) is 0 Å². The lowest BCUT2D eigenvalue weighted by Gasteiger charge is -2.22. The molecule has 4 nitrogen and oxygen atoms in total. The second-order valence-corrected chi connectivity index (χ2v) is 5.59. The molecular weight excluding hydrogens is 238 g/mol. The topological polar surface area (TPSA) is 47.0 Å². The van der Waals surface area contributed by atoms with E-state index >= 15 is 0 Å². The Kier molecular flexibility index (Phi) is 6.06. The zero-order chi connectivity index (χ0) is 14.4. The number of anilines is 1. The van der Waals surface area contributed by atoms with Gasteiger partial charge >= 0.3 is 0 Å². The highest BCUT2D eigenvalue weighted by Crippen LogP contribution is 2.31. The van der Waals surface area contributed by atoms with Crippen LogP contribution in [-0.2, 0) is 0 Å². The summed E-state index contributed by atoms with van der Waals surface area (Å²) in [5.41, 5.74) is 1.07. The molecule has 1 rings (SSSR count). The molecule has 0 aromatic carbocycles. The van der Waals surface area contributed by atoms with Gasteiger partial charge < -0.3 is 10.1 Å². The molecule has 0 aliphatic heterocycles. The first-order valence-electron chi connectivity index (χ1n) is 7.22. The van der Waals surface area contributed by atoms with Gasteiger partial charge in [0, 0.05) is 6.54 Å². The molecule has 1 atom stereocenters. The van der Waals surface area contributed by atoms with Crippen molar-refractivity contribution in [3.63, 3.8) is 0 Å². The first-order chi connectivity index (χ1) is 8.97. The quantitative estimate of drug-likeness (QED) is 0.813. The molecule has 0 fully saturated rings. The summed E-state index contributed by atoms with van der Waals surface area (Å²) in [4.78, 5) is 8.67. The molecule has 19 heavy (non-hydrogen) atoms. The van der Waals surface area contributed by atoms with Crippen molar-refractivity contribution in [2.75, 3.05) is 11.9 Å². The second-order valence-electron chi connectivity index (χ2n) is 5.59. The Morgan fingerprint density at radius 1 is 1.16 bits per heavy atom. The van der Waals surface area contributed by atoms with E-state index in [0.29, 0.717) is 17.7 Å². The van der Waals surface area contributed by atoms with Gasteiger partial charge in [-0.15, -0.1) is 0 Å². The van der Waals surface area contributed by atoms with Gasteiger partial charge in [0.25, 0.3) is 0 Å². The van der Waals surface area contributed by atoms with Crippen LogP contribution in [0.2, 0.25) is 0 Å². The Morgan fingerprint density at radius 2 is 1.84 bits per heavy atom. The third kappa shape index (κ3) is 4.37. The average Bonchev–Trinajstić information content (AvgIpc) is 2.35. The summed E-state index contributed by atoms with van der Waals surface area (Å²) in [6.07, 6.45) is 2.79. The summed E-state index contributed by atoms with van der Waals surface area (Å²) in [5, 5.41) is 3.36. The molecule has 0 saturated heterocycles. The molecule has 1 heterocycles. The lowest BCUT2D eigenvalue weighted by Crippen LogP contribution is -2.21. The van der Waals surface area contributed by atoms with Crippen LogP contribution in [-0.4, -0.2) is 22.6 Å². The maximum atomic E-state index is 6.00. The van der Waals surface area contributed by atoms with Crippen LogP contribution in [0.25, 0.3) is 0 Å². The summed E-state index contributed by atoms with van der Waals surface area (Å²) in [6, 6.07) is 0. The Morgan fingerprint density at radius 3 is 2.37 bits per heavy atom. The lowest BCUT2D eigenvalue weighted by atomic mass is 10.0. The Balaban J connectivity index is 3.02. The lowest BCUT2D eigenvalue weighted by molar-refractivity contribution is 0.161. The molecule has 4 heteroatoms. The van der Waals surface area contributed by atoms with Crippen LogP contribution in [0.15, 0.2) is 6.33 Å². The normalized spacial score (nSPS) is 12.8. The van der Waals surface area contributed by atoms with Crippen molar-refractivity contribution < 1.29 is 4.74 Å². The Labute approximate surface area is 117 Å². The second kappa shape index (κ2) is 7.31. The van der Waals surface area contributed by atoms with Crippen LogP contribution in [0.4, 0.5) is 5.82 Å². The molecule has 1 aromatic heterocycles. The van der Waals surface area contributed by atoms with Crippen molar-refractivity contribution in [2.45, 2.75) is 60.0 Å². The van der Waals surface area contributed by atoms with E-state index in [1.807, 2.05) is 0 Å². The molecule has 1 aromatic rings. The van der Waals surface area contributed by atoms with Crippen LogP contribution in [0.1, 0.15) is 59.4 Å². The predicted molar refractivity (Wildman–Crippen MR) is 79.8 cm³/mol. The highest BCUT2D eigenvalue weighted by Gasteiger charge is 2.19. The minimum Gasteiger partial charge on any atom is -0.474 e. The highest BCUT2D eigenvalue weighted by atomic mass is 16.5. The van der Waals surface area contributed by atoms with Crippen molar-refractivity contribution in [1.29, 1.82) is 0 Å². The fourth-order valence-electron chi connectivity index (χ4n) is 1.69. The Hall–Kier alpha value is -1.32. The highest BCUT2D eigenvalue weighted by molar-refractivity contribution is 5.50. The third-order valence-electron chi connectivity index (χ3n) is 3.20. The molecule has 0 aliphatic carbocycles. The third-order valence-corrected chi connectivity index (χ3v) is 3.20. The van der Waals surface area contributed by atoms with Crippen molar-refractivity contribution in [2.24, 2.45) is 5.92 Å². The number of nitrogens with one attached hydrogen (secondary N) is 1. The van der Waals surface area contributed by atoms with E-state index in [1.165, 1.54) is 0 Å². The number of ether oxygens (including phenoxy) is 1. The van der Waals surface area contributed by atoms with Gasteiger partial charge in [0.05, 0.1) is 11.7 Å². The summed E-state index contributed by atoms with van der Waals surface area (Å²) < 4.78 is 6.00. The van der Waals surface area contributed by atoms with E-state index in [1.54, 1.807) is 6.33 Å². The van der Waals surface area contributed by atoms with Gasteiger partial charge in [0.15, 0.2) is 0 Å². The molecule has 0 aliphatic rings. The minimum absolute atomic E-state index is 0.145. The number of nitrogens with zero attached hydrogens (tertiary/aromatic N) is 2. The molecule has 0 bridgehead atoms. The van der Waals surface area contributed by atoms with E-state index in [4.69, 9.17) is 4.74 Å². The van der Waals surface area contributed by atoms with Crippen LogP contribution in [0.5, 0.6) is 5.88 Å². The van der Waals surface area contributed by atoms with Crippen molar-refractivity contribution >= 4 is 5.82 Å². The zero-order valence-electron chi connectivity index (χ0n) is 13.0. The fraction of sp³-hybridized carbons (Fsp3) is 0.733. The van der Waals surface area contributed by atoms with E-state index in [-0.39, 0.29) is 6.10 Å². The van der Waals surface area contributed by atoms with Crippen molar-refractivity contribution in [1.82, 2.24) is 9.97 Å². The van der Waals surface area contributed by atoms with Crippen LogP contribution in [0, 0.1) is 5.92 Å².